The summed E-state index contributed by atoms with van der Waals surface area (Å²) in [6.45, 7) is 10.5. The number of anilines is 3. The Bertz CT molecular complexity index is 1650. The maximum Gasteiger partial charge on any atom is 0.324 e. The number of hydrogen-bond acceptors (Lipinski definition) is 8. The zero-order valence-electron chi connectivity index (χ0n) is 23.2. The van der Waals surface area contributed by atoms with Crippen LogP contribution in [0.4, 0.5) is 22.1 Å². The molecule has 11 nitrogen and oxygen atoms in total. The highest BCUT2D eigenvalue weighted by atomic mass is 35.5. The lowest BCUT2D eigenvalue weighted by Gasteiger charge is -2.32. The van der Waals surface area contributed by atoms with Gasteiger partial charge in [0, 0.05) is 17.2 Å². The summed E-state index contributed by atoms with van der Waals surface area (Å²) in [5, 5.41) is 23.0. The fourth-order valence-corrected chi connectivity index (χ4v) is 4.23. The minimum absolute atomic E-state index is 0.226. The molecule has 0 bridgehead atoms. The first kappa shape index (κ1) is 27.7. The molecule has 4 aromatic rings. The molecule has 5 rings (SSSR count). The van der Waals surface area contributed by atoms with Crippen LogP contribution >= 0.6 is 11.6 Å². The number of carbonyl (C=O) groups excluding carboxylic acids is 1. The molecule has 0 saturated heterocycles. The molecule has 0 unspecified atom stereocenters. The Morgan fingerprint density at radius 2 is 1.90 bits per heavy atom. The quantitative estimate of drug-likeness (QED) is 0.246. The predicted molar refractivity (Wildman–Crippen MR) is 156 cm³/mol. The summed E-state index contributed by atoms with van der Waals surface area (Å²) in [7, 11) is 0. The number of rotatable bonds is 5. The smallest absolute Gasteiger partial charge is 0.324 e. The van der Waals surface area contributed by atoms with Gasteiger partial charge in [-0.3, -0.25) is 5.32 Å². The van der Waals surface area contributed by atoms with E-state index in [4.69, 9.17) is 31.4 Å². The van der Waals surface area contributed by atoms with E-state index in [1.54, 1.807) is 47.1 Å². The number of nitrogens with zero attached hydrogens (tertiary/aromatic N) is 5. The summed E-state index contributed by atoms with van der Waals surface area (Å²) in [5.74, 6) is 1.96. The first-order valence-corrected chi connectivity index (χ1v) is 13.2. The Kier molecular flexibility index (Phi) is 7.19. The molecule has 1 aliphatic heterocycles. The van der Waals surface area contributed by atoms with Crippen LogP contribution in [0.3, 0.4) is 0 Å². The average molecular weight is 573 g/mol. The highest BCUT2D eigenvalue weighted by Crippen LogP contribution is 2.40. The number of carbonyl (C=O) groups is 1. The minimum Gasteiger partial charge on any atom is -0.483 e. The second-order valence-corrected chi connectivity index (χ2v) is 11.6. The predicted octanol–water partition coefficient (Wildman–Crippen LogP) is 6.50. The van der Waals surface area contributed by atoms with Crippen molar-refractivity contribution in [2.75, 3.05) is 22.6 Å². The van der Waals surface area contributed by atoms with Crippen LogP contribution in [0.15, 0.2) is 54.9 Å². The van der Waals surface area contributed by atoms with E-state index in [9.17, 15) is 4.79 Å². The second kappa shape index (κ2) is 10.6. The lowest BCUT2D eigenvalue weighted by atomic mass is 9.92. The van der Waals surface area contributed by atoms with E-state index in [0.29, 0.717) is 46.7 Å². The molecule has 0 saturated carbocycles. The molecular weight excluding hydrogens is 544 g/mol. The Balaban J connectivity index is 1.32. The van der Waals surface area contributed by atoms with Crippen LogP contribution in [0.2, 0.25) is 5.02 Å². The maximum absolute atomic E-state index is 13.0. The summed E-state index contributed by atoms with van der Waals surface area (Å²) in [5.41, 5.74) is 1.93. The van der Waals surface area contributed by atoms with Gasteiger partial charge in [0.1, 0.15) is 24.5 Å². The molecule has 0 atom stereocenters. The Morgan fingerprint density at radius 3 is 2.59 bits per heavy atom. The van der Waals surface area contributed by atoms with E-state index in [-0.39, 0.29) is 21.9 Å². The fourth-order valence-electron chi connectivity index (χ4n) is 4.01. The lowest BCUT2D eigenvalue weighted by molar-refractivity contribution is 0.229. The van der Waals surface area contributed by atoms with E-state index in [0.717, 1.165) is 5.69 Å². The standard InChI is InChI=1S/C29H29ClN8O3/c1-28(2,3)22-13-23(38(37-22)19-9-6-17(14-31)7-10-19)35-27(39)34-18-8-11-21(20(30)12-18)41-26-24-25(32-16-33-26)36-29(4,5)15-40-24/h6-13,16H,15H2,1-5H3,(H,32,33,36)(H2,34,35,39). The average Bonchev–Trinajstić information content (AvgIpc) is 3.34. The third kappa shape index (κ3) is 6.18. The molecule has 2 aromatic carbocycles. The molecule has 2 amide bonds. The van der Waals surface area contributed by atoms with Crippen molar-refractivity contribution in [1.82, 2.24) is 19.7 Å². The molecule has 1 aliphatic rings. The number of halogens is 1. The largest absolute Gasteiger partial charge is 0.483 e. The molecule has 0 radical (unpaired) electrons. The van der Waals surface area contributed by atoms with E-state index in [2.05, 4.69) is 32.0 Å². The van der Waals surface area contributed by atoms with Gasteiger partial charge in [0.2, 0.25) is 5.75 Å². The number of nitrogens with one attached hydrogen (secondary N) is 3. The SMILES string of the molecule is CC1(C)COc2c(ncnc2Oc2ccc(NC(=O)Nc3cc(C(C)(C)C)nn3-c3ccc(C#N)cc3)cc2Cl)N1. The van der Waals surface area contributed by atoms with Crippen LogP contribution in [0.25, 0.3) is 5.69 Å². The van der Waals surface area contributed by atoms with Crippen LogP contribution in [-0.2, 0) is 5.41 Å². The van der Waals surface area contributed by atoms with Gasteiger partial charge in [-0.05, 0) is 56.3 Å². The monoisotopic (exact) mass is 572 g/mol. The van der Waals surface area contributed by atoms with Gasteiger partial charge in [-0.1, -0.05) is 32.4 Å². The van der Waals surface area contributed by atoms with Crippen molar-refractivity contribution in [3.8, 4) is 29.1 Å². The summed E-state index contributed by atoms with van der Waals surface area (Å²) in [6.07, 6.45) is 1.38. The van der Waals surface area contributed by atoms with Crippen molar-refractivity contribution < 1.29 is 14.3 Å². The number of nitriles is 1. The van der Waals surface area contributed by atoms with Gasteiger partial charge in [-0.2, -0.15) is 15.3 Å². The van der Waals surface area contributed by atoms with Crippen LogP contribution in [0, 0.1) is 11.3 Å². The maximum atomic E-state index is 13.0. The molecule has 3 N–H and O–H groups in total. The van der Waals surface area contributed by atoms with Crippen LogP contribution < -0.4 is 25.4 Å². The molecule has 2 aromatic heterocycles. The van der Waals surface area contributed by atoms with E-state index in [1.165, 1.54) is 6.33 Å². The Labute approximate surface area is 242 Å². The third-order valence-electron chi connectivity index (χ3n) is 6.16. The molecule has 41 heavy (non-hydrogen) atoms. The van der Waals surface area contributed by atoms with Crippen LogP contribution in [0.5, 0.6) is 17.4 Å². The van der Waals surface area contributed by atoms with Crippen LogP contribution in [0.1, 0.15) is 45.9 Å². The van der Waals surface area contributed by atoms with Gasteiger partial charge in [0.25, 0.3) is 5.88 Å². The molecule has 3 heterocycles. The number of benzene rings is 2. The summed E-state index contributed by atoms with van der Waals surface area (Å²) in [6, 6.07) is 15.2. The molecular formula is C29H29ClN8O3. The lowest BCUT2D eigenvalue weighted by Crippen LogP contribution is -2.41. The Morgan fingerprint density at radius 1 is 1.15 bits per heavy atom. The first-order valence-electron chi connectivity index (χ1n) is 12.8. The molecule has 0 fully saturated rings. The van der Waals surface area contributed by atoms with Crippen molar-refractivity contribution in [1.29, 1.82) is 5.26 Å². The highest BCUT2D eigenvalue weighted by Gasteiger charge is 2.30. The Hall–Kier alpha value is -4.82. The molecule has 210 valence electrons. The van der Waals surface area contributed by atoms with Crippen molar-refractivity contribution in [3.05, 3.63) is 71.1 Å². The molecule has 0 spiro atoms. The molecule has 0 aliphatic carbocycles. The summed E-state index contributed by atoms with van der Waals surface area (Å²) < 4.78 is 13.4. The van der Waals surface area contributed by atoms with Gasteiger partial charge in [-0.25, -0.2) is 14.5 Å². The van der Waals surface area contributed by atoms with Crippen molar-refractivity contribution in [2.45, 2.75) is 45.6 Å². The molecule has 12 heteroatoms. The van der Waals surface area contributed by atoms with Gasteiger partial charge >= 0.3 is 6.03 Å². The topological polar surface area (TPSA) is 139 Å². The zero-order chi connectivity index (χ0) is 29.4. The van der Waals surface area contributed by atoms with E-state index in [1.807, 2.05) is 40.7 Å². The van der Waals surface area contributed by atoms with Gasteiger partial charge in [0.05, 0.1) is 33.6 Å². The van der Waals surface area contributed by atoms with Crippen LogP contribution in [-0.4, -0.2) is 37.9 Å². The fraction of sp³-hybridized carbons (Fsp3) is 0.276. The summed E-state index contributed by atoms with van der Waals surface area (Å²) in [4.78, 5) is 21.4. The minimum atomic E-state index is -0.489. The number of aromatic nitrogens is 4. The van der Waals surface area contributed by atoms with Gasteiger partial charge < -0.3 is 20.1 Å². The number of hydrogen-bond donors (Lipinski definition) is 3. The summed E-state index contributed by atoms with van der Waals surface area (Å²) >= 11 is 6.50. The number of amides is 2. The van der Waals surface area contributed by atoms with Gasteiger partial charge in [0.15, 0.2) is 5.82 Å². The number of fused-ring (bicyclic) bond motifs is 1. The van der Waals surface area contributed by atoms with Crippen molar-refractivity contribution in [3.63, 3.8) is 0 Å². The highest BCUT2D eigenvalue weighted by molar-refractivity contribution is 6.32. The third-order valence-corrected chi connectivity index (χ3v) is 6.46. The first-order chi connectivity index (χ1) is 19.4. The second-order valence-electron chi connectivity index (χ2n) is 11.2. The van der Waals surface area contributed by atoms with Crippen molar-refractivity contribution in [2.24, 2.45) is 0 Å². The number of ether oxygens (including phenoxy) is 2. The number of urea groups is 1. The van der Waals surface area contributed by atoms with E-state index < -0.39 is 6.03 Å². The normalized spacial score (nSPS) is 13.7. The van der Waals surface area contributed by atoms with Gasteiger partial charge in [-0.15, -0.1) is 0 Å². The van der Waals surface area contributed by atoms with Crippen molar-refractivity contribution >= 4 is 35.0 Å². The van der Waals surface area contributed by atoms with E-state index >= 15 is 0 Å². The zero-order valence-corrected chi connectivity index (χ0v) is 24.0.